The summed E-state index contributed by atoms with van der Waals surface area (Å²) in [4.78, 5) is 5.30. The third-order valence-corrected chi connectivity index (χ3v) is 9.01. The molecular weight excluding hydrogens is 572 g/mol. The van der Waals surface area contributed by atoms with Gasteiger partial charge in [0.2, 0.25) is 0 Å². The molecule has 3 nitrogen and oxygen atoms in total. The number of hydrogen-bond acceptors (Lipinski definition) is 3. The van der Waals surface area contributed by atoms with E-state index in [2.05, 4.69) is 172 Å². The van der Waals surface area contributed by atoms with Crippen LogP contribution in [-0.2, 0) is 0 Å². The van der Waals surface area contributed by atoms with E-state index < -0.39 is 0 Å². The van der Waals surface area contributed by atoms with Crippen LogP contribution in [0.2, 0.25) is 0 Å². The van der Waals surface area contributed by atoms with Gasteiger partial charge < -0.3 is 10.1 Å². The van der Waals surface area contributed by atoms with Gasteiger partial charge in [0.15, 0.2) is 6.23 Å². The molecular formula is C44H36N2O. The average Bonchev–Trinajstić information content (AvgIpc) is 3.56. The van der Waals surface area contributed by atoms with E-state index in [1.54, 1.807) is 0 Å². The van der Waals surface area contributed by atoms with Crippen LogP contribution in [0.5, 0.6) is 5.75 Å². The van der Waals surface area contributed by atoms with Crippen LogP contribution in [0, 0.1) is 5.41 Å². The first-order valence-electron chi connectivity index (χ1n) is 16.2. The Bertz CT molecular complexity index is 2180. The minimum absolute atomic E-state index is 0.0391. The van der Waals surface area contributed by atoms with Crippen LogP contribution in [-0.4, -0.2) is 11.2 Å². The average molecular weight is 609 g/mol. The van der Waals surface area contributed by atoms with Gasteiger partial charge in [-0.25, -0.2) is 4.98 Å². The first-order chi connectivity index (χ1) is 22.9. The summed E-state index contributed by atoms with van der Waals surface area (Å²) in [5.41, 5.74) is 12.0. The molecule has 0 radical (unpaired) electrons. The lowest BCUT2D eigenvalue weighted by Crippen LogP contribution is -2.35. The van der Waals surface area contributed by atoms with E-state index >= 15 is 0 Å². The van der Waals surface area contributed by atoms with Crippen molar-refractivity contribution in [2.45, 2.75) is 27.0 Å². The van der Waals surface area contributed by atoms with Crippen LogP contribution in [0.15, 0.2) is 152 Å². The van der Waals surface area contributed by atoms with Gasteiger partial charge in [-0.15, -0.1) is 0 Å². The predicted molar refractivity (Wildman–Crippen MR) is 196 cm³/mol. The third kappa shape index (κ3) is 5.44. The van der Waals surface area contributed by atoms with Gasteiger partial charge in [-0.2, -0.15) is 0 Å². The molecule has 2 heterocycles. The number of aromatic nitrogens is 1. The summed E-state index contributed by atoms with van der Waals surface area (Å²) in [6.07, 6.45) is -0.0813. The minimum Gasteiger partial charge on any atom is -0.468 e. The molecule has 0 amide bonds. The summed E-state index contributed by atoms with van der Waals surface area (Å²) >= 11 is 0. The summed E-state index contributed by atoms with van der Waals surface area (Å²) in [6.45, 7) is 6.59. The van der Waals surface area contributed by atoms with E-state index in [0.29, 0.717) is 0 Å². The normalized spacial score (nSPS) is 14.0. The molecule has 0 spiro atoms. The first-order valence-corrected chi connectivity index (χ1v) is 16.2. The molecule has 1 aliphatic rings. The van der Waals surface area contributed by atoms with Gasteiger partial charge in [0, 0.05) is 16.5 Å². The highest BCUT2D eigenvalue weighted by Crippen LogP contribution is 2.46. The van der Waals surface area contributed by atoms with Gasteiger partial charge in [0.05, 0.1) is 17.1 Å². The van der Waals surface area contributed by atoms with Gasteiger partial charge >= 0.3 is 0 Å². The number of anilines is 1. The number of pyridine rings is 1. The van der Waals surface area contributed by atoms with Crippen LogP contribution in [0.25, 0.3) is 66.7 Å². The van der Waals surface area contributed by atoms with E-state index in [9.17, 15) is 0 Å². The van der Waals surface area contributed by atoms with Crippen molar-refractivity contribution in [2.75, 3.05) is 5.32 Å². The Kier molecular flexibility index (Phi) is 7.10. The summed E-state index contributed by atoms with van der Waals surface area (Å²) < 4.78 is 6.32. The Morgan fingerprint density at radius 1 is 0.532 bits per heavy atom. The number of rotatable bonds is 5. The van der Waals surface area contributed by atoms with Crippen molar-refractivity contribution in [3.63, 3.8) is 0 Å². The molecule has 1 unspecified atom stereocenters. The molecule has 0 fully saturated rings. The van der Waals surface area contributed by atoms with Crippen LogP contribution in [0.3, 0.4) is 0 Å². The van der Waals surface area contributed by atoms with Gasteiger partial charge in [-0.05, 0) is 68.4 Å². The van der Waals surface area contributed by atoms with E-state index in [-0.39, 0.29) is 11.6 Å². The lowest BCUT2D eigenvalue weighted by molar-refractivity contribution is 0.127. The number of benzene rings is 6. The smallest absolute Gasteiger partial charge is 0.175 e. The van der Waals surface area contributed by atoms with Crippen molar-refractivity contribution in [2.24, 2.45) is 5.41 Å². The van der Waals surface area contributed by atoms with Crippen LogP contribution < -0.4 is 10.1 Å². The standard InChI is InChI=1S/C44H36N2O/c1-44(2,3)43-46-40-26-32(23-25-41(40)47-43)42-34-19-11-10-16-30(34)22-24-37(42)35-20-12-13-21-36(35)39-28-33(29-14-6-4-7-15-29)27-38(45-39)31-17-8-5-9-18-31/h4-28,43,46H,1-3H3. The molecule has 0 saturated carbocycles. The summed E-state index contributed by atoms with van der Waals surface area (Å²) in [6, 6.07) is 53.8. The monoisotopic (exact) mass is 608 g/mol. The largest absolute Gasteiger partial charge is 0.468 e. The van der Waals surface area contributed by atoms with E-state index in [0.717, 1.165) is 50.6 Å². The fraction of sp³-hybridized carbons (Fsp3) is 0.114. The van der Waals surface area contributed by atoms with Crippen molar-refractivity contribution in [1.29, 1.82) is 0 Å². The number of nitrogens with zero attached hydrogens (tertiary/aromatic N) is 1. The van der Waals surface area contributed by atoms with Crippen molar-refractivity contribution in [3.8, 4) is 61.6 Å². The van der Waals surface area contributed by atoms with Crippen molar-refractivity contribution in [1.82, 2.24) is 4.98 Å². The van der Waals surface area contributed by atoms with Crippen LogP contribution in [0.4, 0.5) is 5.69 Å². The lowest BCUT2D eigenvalue weighted by atomic mass is 9.86. The van der Waals surface area contributed by atoms with Crippen molar-refractivity contribution >= 4 is 16.5 Å². The Balaban J connectivity index is 1.33. The molecule has 8 rings (SSSR count). The van der Waals surface area contributed by atoms with Gasteiger partial charge in [0.1, 0.15) is 5.75 Å². The number of nitrogens with one attached hydrogen (secondary N) is 1. The van der Waals surface area contributed by atoms with E-state index in [4.69, 9.17) is 9.72 Å². The summed E-state index contributed by atoms with van der Waals surface area (Å²) in [5, 5.41) is 6.06. The fourth-order valence-electron chi connectivity index (χ4n) is 6.56. The molecule has 3 heteroatoms. The molecule has 47 heavy (non-hydrogen) atoms. The number of hydrogen-bond donors (Lipinski definition) is 1. The van der Waals surface area contributed by atoms with E-state index in [1.807, 2.05) is 6.07 Å². The van der Waals surface area contributed by atoms with E-state index in [1.165, 1.54) is 27.5 Å². The summed E-state index contributed by atoms with van der Waals surface area (Å²) in [5.74, 6) is 0.895. The highest BCUT2D eigenvalue weighted by atomic mass is 16.5. The highest BCUT2D eigenvalue weighted by Gasteiger charge is 2.32. The van der Waals surface area contributed by atoms with Gasteiger partial charge in [0.25, 0.3) is 0 Å². The van der Waals surface area contributed by atoms with Crippen LogP contribution >= 0.6 is 0 Å². The molecule has 1 N–H and O–H groups in total. The predicted octanol–water partition coefficient (Wildman–Crippen LogP) is 11.7. The molecule has 0 saturated heterocycles. The maximum absolute atomic E-state index is 6.32. The molecule has 0 aliphatic carbocycles. The number of fused-ring (bicyclic) bond motifs is 2. The molecule has 1 aliphatic heterocycles. The maximum Gasteiger partial charge on any atom is 0.175 e. The topological polar surface area (TPSA) is 34.2 Å². The fourth-order valence-corrected chi connectivity index (χ4v) is 6.56. The molecule has 7 aromatic rings. The Morgan fingerprint density at radius 3 is 1.96 bits per heavy atom. The minimum atomic E-state index is -0.0813. The second-order valence-electron chi connectivity index (χ2n) is 13.3. The second kappa shape index (κ2) is 11.6. The zero-order chi connectivity index (χ0) is 32.0. The molecule has 0 bridgehead atoms. The second-order valence-corrected chi connectivity index (χ2v) is 13.3. The zero-order valence-electron chi connectivity index (χ0n) is 26.9. The molecule has 228 valence electrons. The first kappa shape index (κ1) is 28.8. The Morgan fingerprint density at radius 2 is 1.19 bits per heavy atom. The SMILES string of the molecule is CC(C)(C)C1Nc2cc(-c3c(-c4ccccc4-c4cc(-c5ccccc5)cc(-c5ccccc5)n4)ccc4ccccc34)ccc2O1. The van der Waals surface area contributed by atoms with Crippen LogP contribution in [0.1, 0.15) is 20.8 Å². The Hall–Kier alpha value is -5.67. The van der Waals surface area contributed by atoms with Gasteiger partial charge in [-0.3, -0.25) is 0 Å². The molecule has 1 aromatic heterocycles. The lowest BCUT2D eigenvalue weighted by Gasteiger charge is -2.26. The summed E-state index contributed by atoms with van der Waals surface area (Å²) in [7, 11) is 0. The molecule has 1 atom stereocenters. The highest BCUT2D eigenvalue weighted by molar-refractivity contribution is 6.06. The van der Waals surface area contributed by atoms with Crippen molar-refractivity contribution in [3.05, 3.63) is 152 Å². The third-order valence-electron chi connectivity index (χ3n) is 9.01. The van der Waals surface area contributed by atoms with Crippen molar-refractivity contribution < 1.29 is 4.74 Å². The maximum atomic E-state index is 6.32. The molecule has 6 aromatic carbocycles. The number of ether oxygens (including phenoxy) is 1. The van der Waals surface area contributed by atoms with Gasteiger partial charge in [-0.1, -0.05) is 148 Å². The Labute approximate surface area is 276 Å². The quantitative estimate of drug-likeness (QED) is 0.211. The zero-order valence-corrected chi connectivity index (χ0v) is 26.9.